The third kappa shape index (κ3) is 4.67. The zero-order valence-corrected chi connectivity index (χ0v) is 17.0. The van der Waals surface area contributed by atoms with Crippen molar-refractivity contribution in [2.75, 3.05) is 5.32 Å². The minimum absolute atomic E-state index is 0.0819. The highest BCUT2D eigenvalue weighted by Gasteiger charge is 2.20. The number of benzene rings is 2. The van der Waals surface area contributed by atoms with Crippen LogP contribution in [0.3, 0.4) is 0 Å². The Bertz CT molecular complexity index is 1100. The van der Waals surface area contributed by atoms with Crippen LogP contribution < -0.4 is 15.0 Å². The van der Waals surface area contributed by atoms with Gasteiger partial charge in [-0.05, 0) is 54.5 Å². The minimum Gasteiger partial charge on any atom is -0.867 e. The smallest absolute Gasteiger partial charge is 0.238 e. The third-order valence-corrected chi connectivity index (χ3v) is 4.92. The first-order valence-corrected chi connectivity index (χ1v) is 9.47. The van der Waals surface area contributed by atoms with Crippen LogP contribution in [-0.4, -0.2) is 10.1 Å². The quantitative estimate of drug-likeness (QED) is 0.294. The molecule has 1 heterocycles. The summed E-state index contributed by atoms with van der Waals surface area (Å²) in [4.78, 5) is 0.0819. The van der Waals surface area contributed by atoms with Crippen LogP contribution in [0, 0.1) is 19.7 Å². The molecule has 0 atom stereocenters. The number of hydrogen-bond acceptors (Lipinski definition) is 3. The summed E-state index contributed by atoms with van der Waals surface area (Å²) in [6.07, 6.45) is 3.30. The fourth-order valence-electron chi connectivity index (χ4n) is 2.86. The number of nitrogens with zero attached hydrogens (tertiary/aromatic N) is 1. The number of rotatable bonds is 5. The van der Waals surface area contributed by atoms with Gasteiger partial charge in [-0.2, -0.15) is 4.57 Å². The van der Waals surface area contributed by atoms with Crippen molar-refractivity contribution >= 4 is 34.3 Å². The van der Waals surface area contributed by atoms with Gasteiger partial charge in [0.15, 0.2) is 17.4 Å². The Labute approximate surface area is 174 Å². The molecular formula is C23H21FN2O2S. The minimum atomic E-state index is -0.470. The molecule has 0 saturated heterocycles. The number of para-hydroxylation sites is 1. The van der Waals surface area contributed by atoms with E-state index in [-0.39, 0.29) is 28.7 Å². The van der Waals surface area contributed by atoms with E-state index in [1.54, 1.807) is 59.4 Å². The molecule has 0 radical (unpaired) electrons. The van der Waals surface area contributed by atoms with Gasteiger partial charge < -0.3 is 15.5 Å². The lowest BCUT2D eigenvalue weighted by Gasteiger charge is -2.18. The summed E-state index contributed by atoms with van der Waals surface area (Å²) in [5.41, 5.74) is 3.50. The Kier molecular flexibility index (Phi) is 6.36. The lowest BCUT2D eigenvalue weighted by Crippen LogP contribution is -2.40. The second kappa shape index (κ2) is 8.94. The lowest BCUT2D eigenvalue weighted by molar-refractivity contribution is -0.578. The molecule has 0 aliphatic carbocycles. The van der Waals surface area contributed by atoms with Crippen LogP contribution in [0.2, 0.25) is 0 Å². The summed E-state index contributed by atoms with van der Waals surface area (Å²) >= 11 is 5.49. The second-order valence-electron chi connectivity index (χ2n) is 6.69. The molecule has 29 heavy (non-hydrogen) atoms. The maximum absolute atomic E-state index is 14.1. The Hall–Kier alpha value is -3.09. The van der Waals surface area contributed by atoms with Crippen LogP contribution in [0.25, 0.3) is 11.5 Å². The zero-order valence-electron chi connectivity index (χ0n) is 16.1. The number of hydrogen-bond donors (Lipinski definition) is 2. The average molecular weight is 408 g/mol. The van der Waals surface area contributed by atoms with Gasteiger partial charge >= 0.3 is 0 Å². The first-order chi connectivity index (χ1) is 13.9. The molecule has 0 spiro atoms. The van der Waals surface area contributed by atoms with Crippen molar-refractivity contribution in [1.29, 1.82) is 0 Å². The number of pyridine rings is 1. The molecule has 0 aliphatic rings. The van der Waals surface area contributed by atoms with E-state index in [1.807, 2.05) is 19.9 Å². The van der Waals surface area contributed by atoms with E-state index in [2.05, 4.69) is 5.32 Å². The highest BCUT2D eigenvalue weighted by atomic mass is 32.1. The summed E-state index contributed by atoms with van der Waals surface area (Å²) in [5, 5.41) is 25.7. The monoisotopic (exact) mass is 408 g/mol. The normalized spacial score (nSPS) is 11.7. The van der Waals surface area contributed by atoms with Crippen LogP contribution in [-0.2, 0) is 6.61 Å². The van der Waals surface area contributed by atoms with Crippen LogP contribution in [0.5, 0.6) is 0 Å². The van der Waals surface area contributed by atoms with Gasteiger partial charge in [0, 0.05) is 11.6 Å². The van der Waals surface area contributed by atoms with Crippen molar-refractivity contribution in [1.82, 2.24) is 0 Å². The van der Waals surface area contributed by atoms with Gasteiger partial charge in [0.25, 0.3) is 0 Å². The molecule has 148 valence electrons. The number of nitrogens with one attached hydrogen (secondary N) is 1. The fourth-order valence-corrected chi connectivity index (χ4v) is 3.17. The summed E-state index contributed by atoms with van der Waals surface area (Å²) in [6.45, 7) is 3.72. The van der Waals surface area contributed by atoms with Crippen molar-refractivity contribution in [2.24, 2.45) is 0 Å². The number of aryl methyl sites for hydroxylation is 2. The van der Waals surface area contributed by atoms with Crippen molar-refractivity contribution in [3.63, 3.8) is 0 Å². The lowest BCUT2D eigenvalue weighted by atomic mass is 10.0. The van der Waals surface area contributed by atoms with Gasteiger partial charge in [0.05, 0.1) is 12.3 Å². The largest absolute Gasteiger partial charge is 0.867 e. The molecule has 0 saturated carbocycles. The van der Waals surface area contributed by atoms with Crippen molar-refractivity contribution in [3.05, 3.63) is 95.1 Å². The van der Waals surface area contributed by atoms with Crippen LogP contribution >= 0.6 is 12.2 Å². The van der Waals surface area contributed by atoms with E-state index in [1.165, 1.54) is 6.07 Å². The summed E-state index contributed by atoms with van der Waals surface area (Å²) in [5.74, 6) is -0.774. The highest BCUT2D eigenvalue weighted by molar-refractivity contribution is 7.81. The SMILES string of the molecule is Cc1ccc(C([O-])=C(C(=S)Nc2ccccc2F)[n+]2cccc(CO)c2)cc1C. The average Bonchev–Trinajstić information content (AvgIpc) is 2.72. The number of halogens is 1. The van der Waals surface area contributed by atoms with E-state index >= 15 is 0 Å². The van der Waals surface area contributed by atoms with Gasteiger partial charge in [-0.15, -0.1) is 0 Å². The van der Waals surface area contributed by atoms with Crippen LogP contribution in [0.1, 0.15) is 22.3 Å². The second-order valence-corrected chi connectivity index (χ2v) is 7.10. The molecule has 0 fully saturated rings. The van der Waals surface area contributed by atoms with Crippen molar-refractivity contribution < 1.29 is 19.2 Å². The molecule has 0 bridgehead atoms. The Balaban J connectivity index is 2.13. The van der Waals surface area contributed by atoms with Crippen molar-refractivity contribution in [3.8, 4) is 0 Å². The number of anilines is 1. The molecule has 4 nitrogen and oxygen atoms in total. The first-order valence-electron chi connectivity index (χ1n) is 9.07. The molecule has 6 heteroatoms. The topological polar surface area (TPSA) is 59.2 Å². The maximum Gasteiger partial charge on any atom is 0.238 e. The molecule has 0 aliphatic heterocycles. The molecule has 1 aromatic heterocycles. The van der Waals surface area contributed by atoms with Gasteiger partial charge in [-0.1, -0.05) is 42.5 Å². The molecule has 0 unspecified atom stereocenters. The van der Waals surface area contributed by atoms with Gasteiger partial charge in [-0.25, -0.2) is 4.39 Å². The summed E-state index contributed by atoms with van der Waals surface area (Å²) in [6, 6.07) is 15.0. The molecule has 3 rings (SSSR count). The molecule has 2 N–H and O–H groups in total. The van der Waals surface area contributed by atoms with E-state index < -0.39 is 5.82 Å². The van der Waals surface area contributed by atoms with Gasteiger partial charge in [0.2, 0.25) is 5.70 Å². The fraction of sp³-hybridized carbons (Fsp3) is 0.130. The highest BCUT2D eigenvalue weighted by Crippen LogP contribution is 2.20. The first kappa shape index (κ1) is 20.6. The van der Waals surface area contributed by atoms with E-state index in [0.29, 0.717) is 11.1 Å². The molecule has 0 amide bonds. The predicted molar refractivity (Wildman–Crippen MR) is 114 cm³/mol. The van der Waals surface area contributed by atoms with Crippen LogP contribution in [0.4, 0.5) is 10.1 Å². The Morgan fingerprint density at radius 2 is 1.86 bits per heavy atom. The Morgan fingerprint density at radius 3 is 2.55 bits per heavy atom. The maximum atomic E-state index is 14.1. The van der Waals surface area contributed by atoms with E-state index in [4.69, 9.17) is 12.2 Å². The number of aliphatic hydroxyl groups is 1. The van der Waals surface area contributed by atoms with Crippen molar-refractivity contribution in [2.45, 2.75) is 20.5 Å². The summed E-state index contributed by atoms with van der Waals surface area (Å²) < 4.78 is 15.7. The van der Waals surface area contributed by atoms with E-state index in [0.717, 1.165) is 11.1 Å². The third-order valence-electron chi connectivity index (χ3n) is 4.62. The standard InChI is InChI=1S/C23H21FN2O2S/c1-15-9-10-18(12-16(15)2)22(28)21(26-11-5-6-17(13-26)14-27)23(29)25-20-8-4-3-7-19(20)24/h3-13,27H,14H2,1-2H3,(H-,25,28,29). The molecule has 2 aromatic carbocycles. The number of aromatic nitrogens is 1. The molecular weight excluding hydrogens is 387 g/mol. The van der Waals surface area contributed by atoms with Gasteiger partial charge in [-0.3, -0.25) is 0 Å². The van der Waals surface area contributed by atoms with Crippen LogP contribution in [0.15, 0.2) is 67.0 Å². The molecule has 3 aromatic rings. The number of aliphatic hydroxyl groups excluding tert-OH is 1. The van der Waals surface area contributed by atoms with E-state index in [9.17, 15) is 14.6 Å². The predicted octanol–water partition coefficient (Wildman–Crippen LogP) is 3.35. The number of thiocarbonyl (C=S) groups is 1. The van der Waals surface area contributed by atoms with Gasteiger partial charge in [0.1, 0.15) is 5.82 Å². The Morgan fingerprint density at radius 1 is 1.10 bits per heavy atom. The summed E-state index contributed by atoms with van der Waals surface area (Å²) in [7, 11) is 0. The zero-order chi connectivity index (χ0) is 21.0.